The van der Waals surface area contributed by atoms with Gasteiger partial charge in [0.05, 0.1) is 25.6 Å². The number of aromatic nitrogens is 3. The van der Waals surface area contributed by atoms with Crippen molar-refractivity contribution < 1.29 is 33.8 Å². The van der Waals surface area contributed by atoms with Gasteiger partial charge in [0, 0.05) is 56.6 Å². The molecule has 2 aromatic heterocycles. The van der Waals surface area contributed by atoms with Gasteiger partial charge in [0.2, 0.25) is 17.7 Å². The van der Waals surface area contributed by atoms with Crippen LogP contribution in [0.1, 0.15) is 89.5 Å². The van der Waals surface area contributed by atoms with E-state index in [2.05, 4.69) is 30.9 Å². The van der Waals surface area contributed by atoms with Crippen molar-refractivity contribution in [3.8, 4) is 5.75 Å². The maximum absolute atomic E-state index is 14.5. The Kier molecular flexibility index (Phi) is 16.0. The second-order valence-electron chi connectivity index (χ2n) is 15.6. The Morgan fingerprint density at radius 1 is 0.945 bits per heavy atom. The maximum atomic E-state index is 14.5. The van der Waals surface area contributed by atoms with Crippen LogP contribution in [0.15, 0.2) is 61.3 Å². The minimum absolute atomic E-state index is 0.0931. The highest BCUT2D eigenvalue weighted by atomic mass is 16.6. The first-order chi connectivity index (χ1) is 26.2. The number of aliphatic hydroxyl groups excluding tert-OH is 1. The molecule has 55 heavy (non-hydrogen) atoms. The summed E-state index contributed by atoms with van der Waals surface area (Å²) in [5, 5.41) is 20.5. The minimum Gasteiger partial charge on any atom is -0.497 e. The summed E-state index contributed by atoms with van der Waals surface area (Å²) in [7, 11) is 3.09. The molecule has 2 heterocycles. The molecule has 0 spiro atoms. The number of rotatable bonds is 18. The lowest BCUT2D eigenvalue weighted by atomic mass is 9.82. The number of amides is 4. The van der Waals surface area contributed by atoms with Gasteiger partial charge in [-0.1, -0.05) is 51.2 Å². The fourth-order valence-electron chi connectivity index (χ4n) is 6.93. The van der Waals surface area contributed by atoms with Crippen LogP contribution in [0.25, 0.3) is 0 Å². The Morgan fingerprint density at radius 2 is 1.64 bits per heavy atom. The van der Waals surface area contributed by atoms with Crippen LogP contribution in [0.4, 0.5) is 4.79 Å². The number of benzene rings is 1. The fourth-order valence-corrected chi connectivity index (χ4v) is 6.93. The standard InChI is InChI=1S/C41H59N7O7/c1-27(37(50)44-24-30-16-18-42-19-17-30)20-36(49)33(21-28-10-8-7-9-11-28)46-38(51)35(23-31-25-43-26-45-31)48(5)39(52)34(47-40(53)55-41(2,3)4)22-29-12-14-32(54-6)15-13-29/h12-19,25-28,33-36,49H,7-11,20-24H2,1-6H3,(H,43,45)(H,44,50)(H,46,51)(H,47,53)/t27-,33+,34+,35+,36+/m1/s1. The van der Waals surface area contributed by atoms with E-state index in [1.807, 2.05) is 24.3 Å². The zero-order valence-corrected chi connectivity index (χ0v) is 33.0. The topological polar surface area (TPSA) is 188 Å². The van der Waals surface area contributed by atoms with Gasteiger partial charge in [0.25, 0.3) is 0 Å². The summed E-state index contributed by atoms with van der Waals surface area (Å²) in [5.41, 5.74) is 1.48. The molecule has 14 nitrogen and oxygen atoms in total. The summed E-state index contributed by atoms with van der Waals surface area (Å²) in [6, 6.07) is 8.00. The van der Waals surface area contributed by atoms with E-state index < -0.39 is 53.7 Å². The summed E-state index contributed by atoms with van der Waals surface area (Å²) in [6.07, 6.45) is 10.8. The summed E-state index contributed by atoms with van der Waals surface area (Å²) in [6.45, 7) is 7.30. The van der Waals surface area contributed by atoms with Gasteiger partial charge in [-0.3, -0.25) is 19.4 Å². The molecule has 3 aromatic rings. The van der Waals surface area contributed by atoms with Crippen molar-refractivity contribution in [2.45, 2.75) is 122 Å². The Labute approximate surface area is 324 Å². The van der Waals surface area contributed by atoms with Crippen LogP contribution in [-0.2, 0) is 38.5 Å². The Morgan fingerprint density at radius 3 is 2.25 bits per heavy atom. The average molecular weight is 762 g/mol. The molecule has 1 fully saturated rings. The Balaban J connectivity index is 1.55. The molecule has 1 aliphatic carbocycles. The van der Waals surface area contributed by atoms with Crippen LogP contribution in [0, 0.1) is 11.8 Å². The molecule has 5 atom stereocenters. The molecular formula is C41H59N7O7. The number of pyridine rings is 1. The van der Waals surface area contributed by atoms with Crippen molar-refractivity contribution >= 4 is 23.8 Å². The first kappa shape index (κ1) is 42.8. The maximum Gasteiger partial charge on any atom is 0.408 e. The van der Waals surface area contributed by atoms with E-state index in [1.165, 1.54) is 18.3 Å². The van der Waals surface area contributed by atoms with Gasteiger partial charge < -0.3 is 40.4 Å². The number of methoxy groups -OCH3 is 1. The number of likely N-dealkylation sites (N-methyl/N-ethyl adjacent to an activating group) is 1. The predicted octanol–water partition coefficient (Wildman–Crippen LogP) is 4.48. The van der Waals surface area contributed by atoms with Crippen molar-refractivity contribution in [2.24, 2.45) is 11.8 Å². The minimum atomic E-state index is -1.08. The van der Waals surface area contributed by atoms with Gasteiger partial charge >= 0.3 is 6.09 Å². The number of alkyl carbamates (subject to hydrolysis) is 1. The van der Waals surface area contributed by atoms with E-state index in [1.54, 1.807) is 65.5 Å². The highest BCUT2D eigenvalue weighted by molar-refractivity contribution is 5.91. The van der Waals surface area contributed by atoms with Crippen molar-refractivity contribution in [1.82, 2.24) is 35.8 Å². The molecule has 0 unspecified atom stereocenters. The fraction of sp³-hybridized carbons (Fsp3) is 0.561. The molecule has 1 aromatic carbocycles. The van der Waals surface area contributed by atoms with Crippen LogP contribution in [-0.4, -0.2) is 92.8 Å². The number of aliphatic hydroxyl groups is 1. The number of H-pyrrole nitrogens is 1. The Bertz CT molecular complexity index is 1640. The number of carbonyl (C=O) groups excluding carboxylic acids is 4. The number of imidazole rings is 1. The molecule has 5 N–H and O–H groups in total. The van der Waals surface area contributed by atoms with Crippen molar-refractivity contribution in [1.29, 1.82) is 0 Å². The van der Waals surface area contributed by atoms with Gasteiger partial charge in [-0.15, -0.1) is 0 Å². The molecule has 0 radical (unpaired) electrons. The van der Waals surface area contributed by atoms with Gasteiger partial charge in [0.1, 0.15) is 23.4 Å². The first-order valence-corrected chi connectivity index (χ1v) is 19.2. The van der Waals surface area contributed by atoms with Gasteiger partial charge in [0.15, 0.2) is 0 Å². The summed E-state index contributed by atoms with van der Waals surface area (Å²) >= 11 is 0. The number of carbonyl (C=O) groups is 4. The molecule has 0 bridgehead atoms. The van der Waals surface area contributed by atoms with Crippen LogP contribution in [0.2, 0.25) is 0 Å². The third kappa shape index (κ3) is 14.0. The second-order valence-corrected chi connectivity index (χ2v) is 15.6. The van der Waals surface area contributed by atoms with Gasteiger partial charge in [-0.25, -0.2) is 9.78 Å². The first-order valence-electron chi connectivity index (χ1n) is 19.2. The lowest BCUT2D eigenvalue weighted by Gasteiger charge is -2.35. The largest absolute Gasteiger partial charge is 0.497 e. The smallest absolute Gasteiger partial charge is 0.408 e. The number of nitrogens with one attached hydrogen (secondary N) is 4. The Hall–Kier alpha value is -4.98. The van der Waals surface area contributed by atoms with Gasteiger partial charge in [-0.05, 0) is 74.9 Å². The van der Waals surface area contributed by atoms with E-state index in [9.17, 15) is 24.3 Å². The highest BCUT2D eigenvalue weighted by Crippen LogP contribution is 2.29. The van der Waals surface area contributed by atoms with Gasteiger partial charge in [-0.2, -0.15) is 0 Å². The molecule has 1 aliphatic rings. The summed E-state index contributed by atoms with van der Waals surface area (Å²) in [4.78, 5) is 67.5. The van der Waals surface area contributed by atoms with Crippen LogP contribution in [0.3, 0.4) is 0 Å². The molecule has 14 heteroatoms. The number of nitrogens with zero attached hydrogens (tertiary/aromatic N) is 3. The second kappa shape index (κ2) is 20.6. The van der Waals surface area contributed by atoms with Crippen molar-refractivity contribution in [2.75, 3.05) is 14.2 Å². The average Bonchev–Trinajstić information content (AvgIpc) is 3.68. The number of aromatic amines is 1. The lowest BCUT2D eigenvalue weighted by molar-refractivity contribution is -0.141. The van der Waals surface area contributed by atoms with Crippen molar-refractivity contribution in [3.05, 3.63) is 78.1 Å². The van der Waals surface area contributed by atoms with E-state index in [-0.39, 0.29) is 25.2 Å². The monoisotopic (exact) mass is 761 g/mol. The molecule has 0 aliphatic heterocycles. The van der Waals surface area contributed by atoms with Crippen LogP contribution < -0.4 is 20.7 Å². The van der Waals surface area contributed by atoms with Crippen LogP contribution in [0.5, 0.6) is 5.75 Å². The lowest BCUT2D eigenvalue weighted by Crippen LogP contribution is -2.58. The molecule has 300 valence electrons. The quantitative estimate of drug-likeness (QED) is 0.125. The number of hydrogen-bond donors (Lipinski definition) is 5. The molecule has 0 saturated heterocycles. The predicted molar refractivity (Wildman–Crippen MR) is 208 cm³/mol. The number of ether oxygens (including phenoxy) is 2. The zero-order chi connectivity index (χ0) is 40.0. The van der Waals surface area contributed by atoms with E-state index >= 15 is 0 Å². The highest BCUT2D eigenvalue weighted by Gasteiger charge is 2.36. The normalized spacial score (nSPS) is 16.1. The third-order valence-electron chi connectivity index (χ3n) is 10.0. The van der Waals surface area contributed by atoms with E-state index in [4.69, 9.17) is 9.47 Å². The SMILES string of the molecule is COc1ccc(C[C@H](NC(=O)OC(C)(C)C)C(=O)N(C)[C@@H](Cc2cnc[nH]2)C(=O)N[C@@H](CC2CCCCC2)[C@@H](O)C[C@@H](C)C(=O)NCc2ccncc2)cc1. The molecule has 4 amide bonds. The van der Waals surface area contributed by atoms with E-state index in [0.29, 0.717) is 30.3 Å². The van der Waals surface area contributed by atoms with Crippen molar-refractivity contribution in [3.63, 3.8) is 0 Å². The molecule has 1 saturated carbocycles. The molecule has 4 rings (SSSR count). The zero-order valence-electron chi connectivity index (χ0n) is 33.0. The third-order valence-corrected chi connectivity index (χ3v) is 10.0. The van der Waals surface area contributed by atoms with Crippen LogP contribution >= 0.6 is 0 Å². The van der Waals surface area contributed by atoms with E-state index in [0.717, 1.165) is 43.2 Å². The molecular weight excluding hydrogens is 702 g/mol. The summed E-state index contributed by atoms with van der Waals surface area (Å²) in [5.74, 6) is -0.788. The number of hydrogen-bond acceptors (Lipinski definition) is 9. The summed E-state index contributed by atoms with van der Waals surface area (Å²) < 4.78 is 10.8.